The van der Waals surface area contributed by atoms with Crippen molar-refractivity contribution in [2.24, 2.45) is 0 Å². The minimum absolute atomic E-state index is 0.183. The number of nitro benzene ring substituents is 1. The molecule has 0 saturated carbocycles. The molecule has 0 N–H and O–H groups in total. The Balaban J connectivity index is 2.58. The van der Waals surface area contributed by atoms with E-state index in [9.17, 15) is 19.7 Å². The number of hydrogen-bond acceptors (Lipinski definition) is 4. The number of hydrogen-bond donors (Lipinski definition) is 0. The van der Waals surface area contributed by atoms with Crippen molar-refractivity contribution in [3.8, 4) is 0 Å². The Morgan fingerprint density at radius 2 is 2.00 bits per heavy atom. The zero-order chi connectivity index (χ0) is 15.6. The second kappa shape index (κ2) is 5.92. The summed E-state index contributed by atoms with van der Waals surface area (Å²) in [6, 6.07) is 5.28. The molecule has 0 radical (unpaired) electrons. The van der Waals surface area contributed by atoms with E-state index in [1.54, 1.807) is 6.92 Å². The Hall–Kier alpha value is -2.41. The molecule has 0 aliphatic heterocycles. The quantitative estimate of drug-likeness (QED) is 0.634. The maximum Gasteiger partial charge on any atom is 0.331 e. The number of nitrogens with zero attached hydrogens (tertiary/aromatic N) is 3. The van der Waals surface area contributed by atoms with Crippen molar-refractivity contribution >= 4 is 17.3 Å². The molecule has 110 valence electrons. The number of halogens is 1. The fraction of sp³-hybridized carbons (Fsp3) is 0.231. The summed E-state index contributed by atoms with van der Waals surface area (Å²) >= 11 is 5.83. The number of rotatable bonds is 4. The minimum atomic E-state index is -0.571. The normalized spacial score (nSPS) is 10.6. The summed E-state index contributed by atoms with van der Waals surface area (Å²) in [7, 11) is 0. The molecule has 0 saturated heterocycles. The Labute approximate surface area is 124 Å². The Kier molecular flexibility index (Phi) is 4.23. The van der Waals surface area contributed by atoms with E-state index in [0.29, 0.717) is 11.6 Å². The SMILES string of the molecule is CCn1ccc(=O)n(Cc2cc(Cl)ccc2[N+](=O)[O-])c1=O. The van der Waals surface area contributed by atoms with E-state index in [0.717, 1.165) is 4.57 Å². The van der Waals surface area contributed by atoms with Gasteiger partial charge < -0.3 is 4.57 Å². The van der Waals surface area contributed by atoms with Crippen molar-refractivity contribution in [1.82, 2.24) is 9.13 Å². The highest BCUT2D eigenvalue weighted by Gasteiger charge is 2.16. The summed E-state index contributed by atoms with van der Waals surface area (Å²) < 4.78 is 2.29. The van der Waals surface area contributed by atoms with Crippen LogP contribution in [-0.4, -0.2) is 14.1 Å². The summed E-state index contributed by atoms with van der Waals surface area (Å²) in [5, 5.41) is 11.3. The lowest BCUT2D eigenvalue weighted by Gasteiger charge is -2.09. The van der Waals surface area contributed by atoms with Crippen molar-refractivity contribution in [3.63, 3.8) is 0 Å². The summed E-state index contributed by atoms with van der Waals surface area (Å²) in [6.45, 7) is 1.96. The van der Waals surface area contributed by atoms with Crippen LogP contribution in [0.25, 0.3) is 0 Å². The average Bonchev–Trinajstić information content (AvgIpc) is 2.43. The number of aromatic nitrogens is 2. The van der Waals surface area contributed by atoms with Gasteiger partial charge in [-0.3, -0.25) is 19.5 Å². The Bertz CT molecular complexity index is 810. The van der Waals surface area contributed by atoms with Crippen molar-refractivity contribution in [3.05, 3.63) is 72.0 Å². The van der Waals surface area contributed by atoms with Crippen molar-refractivity contribution in [2.75, 3.05) is 0 Å². The monoisotopic (exact) mass is 309 g/mol. The smallest absolute Gasteiger partial charge is 0.301 e. The molecular weight excluding hydrogens is 298 g/mol. The van der Waals surface area contributed by atoms with Crippen LogP contribution in [-0.2, 0) is 13.1 Å². The van der Waals surface area contributed by atoms with E-state index in [1.165, 1.54) is 35.0 Å². The summed E-state index contributed by atoms with van der Waals surface area (Å²) in [6.07, 6.45) is 1.40. The number of nitro groups is 1. The van der Waals surface area contributed by atoms with Gasteiger partial charge in [-0.05, 0) is 19.1 Å². The second-order valence-electron chi connectivity index (χ2n) is 4.34. The first-order valence-corrected chi connectivity index (χ1v) is 6.55. The lowest BCUT2D eigenvalue weighted by atomic mass is 10.2. The highest BCUT2D eigenvalue weighted by atomic mass is 35.5. The molecule has 0 amide bonds. The van der Waals surface area contributed by atoms with E-state index in [4.69, 9.17) is 11.6 Å². The van der Waals surface area contributed by atoms with Gasteiger partial charge in [0.25, 0.3) is 11.2 Å². The Morgan fingerprint density at radius 3 is 2.62 bits per heavy atom. The maximum absolute atomic E-state index is 12.1. The first-order valence-electron chi connectivity index (χ1n) is 6.17. The zero-order valence-corrected chi connectivity index (χ0v) is 11.9. The van der Waals surface area contributed by atoms with Gasteiger partial charge in [0.1, 0.15) is 0 Å². The molecule has 21 heavy (non-hydrogen) atoms. The van der Waals surface area contributed by atoms with Crippen LogP contribution >= 0.6 is 11.6 Å². The fourth-order valence-corrected chi connectivity index (χ4v) is 2.17. The third-order valence-electron chi connectivity index (χ3n) is 3.05. The lowest BCUT2D eigenvalue weighted by molar-refractivity contribution is -0.385. The van der Waals surface area contributed by atoms with Crippen LogP contribution in [0.5, 0.6) is 0 Å². The van der Waals surface area contributed by atoms with Crippen LogP contribution in [0.1, 0.15) is 12.5 Å². The van der Waals surface area contributed by atoms with Gasteiger partial charge in [-0.15, -0.1) is 0 Å². The molecule has 8 heteroatoms. The highest BCUT2D eigenvalue weighted by molar-refractivity contribution is 6.30. The molecule has 0 bridgehead atoms. The summed E-state index contributed by atoms with van der Waals surface area (Å²) in [5.74, 6) is 0. The van der Waals surface area contributed by atoms with Crippen LogP contribution in [0.15, 0.2) is 40.1 Å². The molecule has 1 aromatic carbocycles. The van der Waals surface area contributed by atoms with E-state index in [2.05, 4.69) is 0 Å². The minimum Gasteiger partial charge on any atom is -0.301 e. The molecule has 1 heterocycles. The molecule has 0 spiro atoms. The van der Waals surface area contributed by atoms with Crippen LogP contribution in [0.2, 0.25) is 5.02 Å². The molecule has 1 aromatic heterocycles. The third-order valence-corrected chi connectivity index (χ3v) is 3.28. The summed E-state index contributed by atoms with van der Waals surface area (Å²) in [4.78, 5) is 34.4. The first-order chi connectivity index (χ1) is 9.93. The molecule has 0 aliphatic rings. The van der Waals surface area contributed by atoms with Gasteiger partial charge in [0.2, 0.25) is 0 Å². The molecule has 0 atom stereocenters. The maximum atomic E-state index is 12.1. The van der Waals surface area contributed by atoms with Crippen LogP contribution in [0, 0.1) is 10.1 Å². The standard InChI is InChI=1S/C13H12ClN3O4/c1-2-15-6-5-12(18)16(13(15)19)8-9-7-10(14)3-4-11(9)17(20)21/h3-7H,2,8H2,1H3. The summed E-state index contributed by atoms with van der Waals surface area (Å²) in [5.41, 5.74) is -1.00. The molecule has 0 aliphatic carbocycles. The fourth-order valence-electron chi connectivity index (χ4n) is 1.97. The van der Waals surface area contributed by atoms with Gasteiger partial charge in [-0.2, -0.15) is 0 Å². The molecular formula is C13H12ClN3O4. The van der Waals surface area contributed by atoms with Crippen molar-refractivity contribution < 1.29 is 4.92 Å². The molecule has 0 fully saturated rings. The van der Waals surface area contributed by atoms with Crippen LogP contribution < -0.4 is 11.2 Å². The molecule has 2 rings (SSSR count). The Morgan fingerprint density at radius 1 is 1.29 bits per heavy atom. The highest BCUT2D eigenvalue weighted by Crippen LogP contribution is 2.22. The van der Waals surface area contributed by atoms with Gasteiger partial charge in [0.05, 0.1) is 17.0 Å². The number of aryl methyl sites for hydroxylation is 1. The number of benzene rings is 1. The van der Waals surface area contributed by atoms with Crippen LogP contribution in [0.4, 0.5) is 5.69 Å². The first kappa shape index (κ1) is 15.0. The van der Waals surface area contributed by atoms with E-state index in [-0.39, 0.29) is 17.8 Å². The predicted molar refractivity (Wildman–Crippen MR) is 77.8 cm³/mol. The largest absolute Gasteiger partial charge is 0.331 e. The van der Waals surface area contributed by atoms with Gasteiger partial charge in [0.15, 0.2) is 0 Å². The van der Waals surface area contributed by atoms with E-state index >= 15 is 0 Å². The predicted octanol–water partition coefficient (Wildman–Crippen LogP) is 1.64. The van der Waals surface area contributed by atoms with E-state index < -0.39 is 16.2 Å². The van der Waals surface area contributed by atoms with Crippen molar-refractivity contribution in [2.45, 2.75) is 20.0 Å². The van der Waals surface area contributed by atoms with Gasteiger partial charge in [-0.1, -0.05) is 11.6 Å². The van der Waals surface area contributed by atoms with Crippen molar-refractivity contribution in [1.29, 1.82) is 0 Å². The molecule has 2 aromatic rings. The third kappa shape index (κ3) is 3.03. The topological polar surface area (TPSA) is 87.1 Å². The van der Waals surface area contributed by atoms with Gasteiger partial charge in [-0.25, -0.2) is 4.79 Å². The zero-order valence-electron chi connectivity index (χ0n) is 11.2. The molecule has 0 unspecified atom stereocenters. The van der Waals surface area contributed by atoms with E-state index in [1.807, 2.05) is 0 Å². The second-order valence-corrected chi connectivity index (χ2v) is 4.78. The molecule has 7 nitrogen and oxygen atoms in total. The van der Waals surface area contributed by atoms with Gasteiger partial charge in [0, 0.05) is 29.9 Å². The van der Waals surface area contributed by atoms with Gasteiger partial charge >= 0.3 is 5.69 Å². The average molecular weight is 310 g/mol. The lowest BCUT2D eigenvalue weighted by Crippen LogP contribution is -2.39. The van der Waals surface area contributed by atoms with Crippen LogP contribution in [0.3, 0.4) is 0 Å².